The minimum Gasteiger partial charge on any atom is -0.342 e. The first-order valence-corrected chi connectivity index (χ1v) is 8.62. The number of amides is 1. The van der Waals surface area contributed by atoms with E-state index in [2.05, 4.69) is 27.7 Å². The summed E-state index contributed by atoms with van der Waals surface area (Å²) < 4.78 is 0. The molecule has 1 fully saturated rings. The monoisotopic (exact) mass is 330 g/mol. The molecule has 1 atom stereocenters. The molecule has 0 bridgehead atoms. The predicted octanol–water partition coefficient (Wildman–Crippen LogP) is 3.34. The number of halogens is 1. The van der Waals surface area contributed by atoms with E-state index in [1.807, 2.05) is 18.4 Å². The van der Waals surface area contributed by atoms with Crippen LogP contribution in [0.25, 0.3) is 0 Å². The number of hydrogen-bond acceptors (Lipinski definition) is 3. The molecule has 5 heteroatoms. The van der Waals surface area contributed by atoms with Crippen molar-refractivity contribution in [2.24, 2.45) is 5.92 Å². The number of carbonyl (C=O) groups is 1. The van der Waals surface area contributed by atoms with Crippen LogP contribution in [-0.2, 0) is 11.2 Å². The SMILES string of the molecule is CNCC1CCN(C(=O)CCCCCc2cccs2)C1.Cl. The average molecular weight is 331 g/mol. The van der Waals surface area contributed by atoms with Crippen LogP contribution in [0.2, 0.25) is 0 Å². The van der Waals surface area contributed by atoms with Gasteiger partial charge in [0.05, 0.1) is 0 Å². The van der Waals surface area contributed by atoms with Crippen molar-refractivity contribution in [3.63, 3.8) is 0 Å². The van der Waals surface area contributed by atoms with Gasteiger partial charge in [0.25, 0.3) is 0 Å². The van der Waals surface area contributed by atoms with Crippen molar-refractivity contribution < 1.29 is 4.79 Å². The first-order chi connectivity index (χ1) is 9.79. The van der Waals surface area contributed by atoms with Gasteiger partial charge in [-0.05, 0) is 56.6 Å². The van der Waals surface area contributed by atoms with Crippen molar-refractivity contribution in [3.8, 4) is 0 Å². The van der Waals surface area contributed by atoms with Crippen LogP contribution in [0.1, 0.15) is 37.0 Å². The van der Waals surface area contributed by atoms with Crippen LogP contribution >= 0.6 is 23.7 Å². The molecule has 0 aliphatic carbocycles. The topological polar surface area (TPSA) is 32.3 Å². The van der Waals surface area contributed by atoms with Gasteiger partial charge in [0, 0.05) is 24.4 Å². The Morgan fingerprint density at radius 2 is 2.29 bits per heavy atom. The number of hydrogen-bond donors (Lipinski definition) is 1. The van der Waals surface area contributed by atoms with E-state index in [1.54, 1.807) is 0 Å². The molecule has 1 aromatic heterocycles. The Bertz CT molecular complexity index is 397. The highest BCUT2D eigenvalue weighted by molar-refractivity contribution is 7.09. The third-order valence-corrected chi connectivity index (χ3v) is 4.96. The largest absolute Gasteiger partial charge is 0.342 e. The first-order valence-electron chi connectivity index (χ1n) is 7.74. The van der Waals surface area contributed by atoms with E-state index in [0.29, 0.717) is 11.8 Å². The molecule has 0 radical (unpaired) electrons. The standard InChI is InChI=1S/C16H26N2OS.ClH/c1-17-12-14-9-10-18(13-14)16(19)8-4-2-3-6-15-7-5-11-20-15;/h5,7,11,14,17H,2-4,6,8-10,12-13H2,1H3;1H. The molecular formula is C16H27ClN2OS. The smallest absolute Gasteiger partial charge is 0.222 e. The Balaban J connectivity index is 0.00000220. The van der Waals surface area contributed by atoms with Crippen molar-refractivity contribution in [1.82, 2.24) is 10.2 Å². The summed E-state index contributed by atoms with van der Waals surface area (Å²) in [4.78, 5) is 15.6. The lowest BCUT2D eigenvalue weighted by Crippen LogP contribution is -2.30. The molecule has 1 aromatic rings. The molecule has 21 heavy (non-hydrogen) atoms. The van der Waals surface area contributed by atoms with Gasteiger partial charge < -0.3 is 10.2 Å². The molecule has 1 unspecified atom stereocenters. The molecule has 0 saturated carbocycles. The summed E-state index contributed by atoms with van der Waals surface area (Å²) in [5.74, 6) is 1.02. The van der Waals surface area contributed by atoms with E-state index in [1.165, 1.54) is 17.7 Å². The van der Waals surface area contributed by atoms with Crippen LogP contribution in [0.3, 0.4) is 0 Å². The fraction of sp³-hybridized carbons (Fsp3) is 0.688. The van der Waals surface area contributed by atoms with Gasteiger partial charge in [0.2, 0.25) is 5.91 Å². The second-order valence-electron chi connectivity index (χ2n) is 5.69. The minimum atomic E-state index is 0. The maximum Gasteiger partial charge on any atom is 0.222 e. The molecule has 2 rings (SSSR count). The Morgan fingerprint density at radius 1 is 1.43 bits per heavy atom. The van der Waals surface area contributed by atoms with Gasteiger partial charge in [-0.2, -0.15) is 0 Å². The lowest BCUT2D eigenvalue weighted by atomic mass is 10.1. The summed E-state index contributed by atoms with van der Waals surface area (Å²) >= 11 is 1.83. The summed E-state index contributed by atoms with van der Waals surface area (Å²) in [6, 6.07) is 4.31. The van der Waals surface area contributed by atoms with Gasteiger partial charge in [-0.15, -0.1) is 23.7 Å². The molecule has 1 saturated heterocycles. The van der Waals surface area contributed by atoms with Crippen LogP contribution in [0.4, 0.5) is 0 Å². The van der Waals surface area contributed by atoms with Crippen molar-refractivity contribution >= 4 is 29.7 Å². The Morgan fingerprint density at radius 3 is 3.00 bits per heavy atom. The molecule has 0 spiro atoms. The predicted molar refractivity (Wildman–Crippen MR) is 92.4 cm³/mol. The molecule has 3 nitrogen and oxygen atoms in total. The first kappa shape index (κ1) is 18.5. The quantitative estimate of drug-likeness (QED) is 0.741. The zero-order chi connectivity index (χ0) is 14.2. The molecule has 0 aromatic carbocycles. The number of thiophene rings is 1. The Kier molecular flexibility index (Phi) is 8.97. The van der Waals surface area contributed by atoms with Gasteiger partial charge in [0.1, 0.15) is 0 Å². The number of aryl methyl sites for hydroxylation is 1. The molecule has 1 aliphatic heterocycles. The highest BCUT2D eigenvalue weighted by atomic mass is 35.5. The third-order valence-electron chi connectivity index (χ3n) is 4.03. The summed E-state index contributed by atoms with van der Waals surface area (Å²) in [7, 11) is 1.98. The fourth-order valence-electron chi connectivity index (χ4n) is 2.88. The minimum absolute atomic E-state index is 0. The Hall–Kier alpha value is -0.580. The van der Waals surface area contributed by atoms with Crippen molar-refractivity contribution in [2.45, 2.75) is 38.5 Å². The van der Waals surface area contributed by atoms with Gasteiger partial charge in [-0.25, -0.2) is 0 Å². The van der Waals surface area contributed by atoms with Crippen LogP contribution in [0.5, 0.6) is 0 Å². The van der Waals surface area contributed by atoms with Crippen molar-refractivity contribution in [2.75, 3.05) is 26.7 Å². The summed E-state index contributed by atoms with van der Waals surface area (Å²) in [5, 5.41) is 5.34. The normalized spacial score (nSPS) is 17.8. The van der Waals surface area contributed by atoms with E-state index >= 15 is 0 Å². The van der Waals surface area contributed by atoms with E-state index in [9.17, 15) is 4.79 Å². The van der Waals surface area contributed by atoms with Gasteiger partial charge >= 0.3 is 0 Å². The van der Waals surface area contributed by atoms with Crippen molar-refractivity contribution in [1.29, 1.82) is 0 Å². The summed E-state index contributed by atoms with van der Waals surface area (Å²) in [6.07, 6.45) is 6.46. The number of unbranched alkanes of at least 4 members (excludes halogenated alkanes) is 2. The number of nitrogens with one attached hydrogen (secondary N) is 1. The molecular weight excluding hydrogens is 304 g/mol. The van der Waals surface area contributed by atoms with Crippen LogP contribution in [0, 0.1) is 5.92 Å². The maximum absolute atomic E-state index is 12.1. The lowest BCUT2D eigenvalue weighted by Gasteiger charge is -2.16. The van der Waals surface area contributed by atoms with E-state index in [4.69, 9.17) is 0 Å². The summed E-state index contributed by atoms with van der Waals surface area (Å²) in [6.45, 7) is 2.94. The molecule has 2 heterocycles. The molecule has 1 aliphatic rings. The maximum atomic E-state index is 12.1. The van der Waals surface area contributed by atoms with E-state index in [-0.39, 0.29) is 12.4 Å². The number of likely N-dealkylation sites (tertiary alicyclic amines) is 1. The third kappa shape index (κ3) is 6.37. The Labute approximate surface area is 138 Å². The van der Waals surface area contributed by atoms with Crippen LogP contribution in [0.15, 0.2) is 17.5 Å². The number of carbonyl (C=O) groups excluding carboxylic acids is 1. The molecule has 1 amide bonds. The van der Waals surface area contributed by atoms with E-state index in [0.717, 1.165) is 45.3 Å². The van der Waals surface area contributed by atoms with E-state index < -0.39 is 0 Å². The molecule has 1 N–H and O–H groups in total. The molecule has 120 valence electrons. The fourth-order valence-corrected chi connectivity index (χ4v) is 3.63. The summed E-state index contributed by atoms with van der Waals surface area (Å²) in [5.41, 5.74) is 0. The highest BCUT2D eigenvalue weighted by Gasteiger charge is 2.24. The second kappa shape index (κ2) is 10.2. The van der Waals surface area contributed by atoms with Crippen molar-refractivity contribution in [3.05, 3.63) is 22.4 Å². The average Bonchev–Trinajstić information content (AvgIpc) is 3.10. The highest BCUT2D eigenvalue weighted by Crippen LogP contribution is 2.18. The van der Waals surface area contributed by atoms with Crippen LogP contribution in [-0.4, -0.2) is 37.5 Å². The van der Waals surface area contributed by atoms with Gasteiger partial charge in [0.15, 0.2) is 0 Å². The van der Waals surface area contributed by atoms with Crippen LogP contribution < -0.4 is 5.32 Å². The number of rotatable bonds is 8. The van der Waals surface area contributed by atoms with Gasteiger partial charge in [-0.1, -0.05) is 12.5 Å². The number of nitrogens with zero attached hydrogens (tertiary/aromatic N) is 1. The lowest BCUT2D eigenvalue weighted by molar-refractivity contribution is -0.130. The van der Waals surface area contributed by atoms with Gasteiger partial charge in [-0.3, -0.25) is 4.79 Å². The zero-order valence-corrected chi connectivity index (χ0v) is 14.5. The second-order valence-corrected chi connectivity index (χ2v) is 6.72. The zero-order valence-electron chi connectivity index (χ0n) is 12.8.